The smallest absolute Gasteiger partial charge is 0.0656 e. The minimum Gasteiger partial charge on any atom is -0.0656 e. The molecule has 0 heterocycles. The maximum absolute atomic E-state index is 3.06. The van der Waals surface area contributed by atoms with Gasteiger partial charge in [0.2, 0.25) is 0 Å². The highest BCUT2D eigenvalue weighted by Gasteiger charge is 2.56. The largest absolute Gasteiger partial charge is 0.158 e. The second-order valence-corrected chi connectivity index (χ2v) is 59.0. The highest BCUT2D eigenvalue weighted by molar-refractivity contribution is 7.20. The monoisotopic (exact) mass is 897 g/mol. The van der Waals surface area contributed by atoms with E-state index >= 15 is 0 Å². The number of aryl methyl sites for hydroxylation is 3. The number of benzene rings is 3. The molecule has 7 heteroatoms. The standard InChI is InChI=1S/C51H88Si7/c1-32-29-42(49(55(20,21)22)39(8)45(32)52(11,12)13)58(48-37(6)35(4)36(5)38(48)7,43-30-33(2)46(53(14,15)16)40(9)50(43)56(23,24)25)44-31-34(3)47(54(17,18)19)41(10)51(44)57(26,27)28/h29-31,48H,1-28H3. The normalized spacial score (nSPS) is 15.7. The molecular weight excluding hydrogens is 809 g/mol. The van der Waals surface area contributed by atoms with Gasteiger partial charge in [0.25, 0.3) is 0 Å². The van der Waals surface area contributed by atoms with Crippen LogP contribution in [0.4, 0.5) is 0 Å². The molecule has 0 aromatic heterocycles. The SMILES string of the molecule is CC1=C(C)C([Si](c2cc(C)c([Si](C)(C)C)c(C)c2[Si](C)(C)C)(c2cc(C)c([Si](C)(C)C)c(C)c2[Si](C)(C)C)c2cc(C)c([Si](C)(C)C)c(C)c2[Si](C)(C)C)C(C)=C1C. The molecule has 320 valence electrons. The summed E-state index contributed by atoms with van der Waals surface area (Å²) in [5.41, 5.74) is 16.4. The fourth-order valence-corrected chi connectivity index (χ4v) is 39.2. The van der Waals surface area contributed by atoms with Crippen LogP contribution in [-0.4, -0.2) is 56.5 Å². The minimum absolute atomic E-state index is 0.359. The summed E-state index contributed by atoms with van der Waals surface area (Å²) in [5, 5.41) is 15.9. The van der Waals surface area contributed by atoms with E-state index in [0.717, 1.165) is 0 Å². The lowest BCUT2D eigenvalue weighted by Gasteiger charge is -2.50. The van der Waals surface area contributed by atoms with Crippen LogP contribution in [0.15, 0.2) is 40.5 Å². The molecule has 0 aliphatic heterocycles. The van der Waals surface area contributed by atoms with Crippen LogP contribution in [0.3, 0.4) is 0 Å². The second-order valence-electron chi connectivity index (χ2n) is 25.2. The summed E-state index contributed by atoms with van der Waals surface area (Å²) >= 11 is 0. The third-order valence-electron chi connectivity index (χ3n) is 14.1. The van der Waals surface area contributed by atoms with Gasteiger partial charge in [0.05, 0.1) is 48.4 Å². The van der Waals surface area contributed by atoms with Gasteiger partial charge in [0.15, 0.2) is 8.07 Å². The highest BCUT2D eigenvalue weighted by Crippen LogP contribution is 2.47. The Hall–Kier alpha value is -1.34. The first-order chi connectivity index (χ1) is 25.8. The molecule has 0 spiro atoms. The molecule has 58 heavy (non-hydrogen) atoms. The predicted octanol–water partition coefficient (Wildman–Crippen LogP) is 10.3. The molecular formula is C51H88Si7. The van der Waals surface area contributed by atoms with Crippen molar-refractivity contribution < 1.29 is 0 Å². The molecule has 0 radical (unpaired) electrons. The van der Waals surface area contributed by atoms with Crippen LogP contribution in [0.25, 0.3) is 0 Å². The van der Waals surface area contributed by atoms with E-state index < -0.39 is 56.5 Å². The van der Waals surface area contributed by atoms with Gasteiger partial charge in [0.1, 0.15) is 0 Å². The Balaban J connectivity index is 2.76. The van der Waals surface area contributed by atoms with Gasteiger partial charge >= 0.3 is 0 Å². The van der Waals surface area contributed by atoms with E-state index in [0.29, 0.717) is 5.54 Å². The Bertz CT molecular complexity index is 1990. The predicted molar refractivity (Wildman–Crippen MR) is 291 cm³/mol. The molecule has 0 nitrogen and oxygen atoms in total. The van der Waals surface area contributed by atoms with Gasteiger partial charge in [-0.2, -0.15) is 0 Å². The molecule has 0 bridgehead atoms. The molecule has 0 unspecified atom stereocenters. The maximum atomic E-state index is 2.89. The first-order valence-electron chi connectivity index (χ1n) is 22.6. The van der Waals surface area contributed by atoms with Crippen LogP contribution >= 0.6 is 0 Å². The third-order valence-corrected chi connectivity index (χ3v) is 33.6. The van der Waals surface area contributed by atoms with E-state index in [1.165, 1.54) is 0 Å². The number of hydrogen-bond acceptors (Lipinski definition) is 0. The first kappa shape index (κ1) is 49.3. The van der Waals surface area contributed by atoms with Crippen molar-refractivity contribution in [2.45, 2.75) is 193 Å². The Morgan fingerprint density at radius 2 is 0.483 bits per heavy atom. The summed E-state index contributed by atoms with van der Waals surface area (Å²) in [6.07, 6.45) is 0. The zero-order chi connectivity index (χ0) is 45.2. The summed E-state index contributed by atoms with van der Waals surface area (Å²) in [7, 11) is -14.0. The zero-order valence-electron chi connectivity index (χ0n) is 43.3. The molecule has 0 atom stereocenters. The molecule has 3 aromatic rings. The van der Waals surface area contributed by atoms with E-state index in [4.69, 9.17) is 0 Å². The third kappa shape index (κ3) is 8.19. The summed E-state index contributed by atoms with van der Waals surface area (Å²) in [6, 6.07) is 8.67. The fraction of sp³-hybridized carbons (Fsp3) is 0.569. The lowest BCUT2D eigenvalue weighted by molar-refractivity contribution is 1.09. The van der Waals surface area contributed by atoms with Gasteiger partial charge < -0.3 is 0 Å². The highest BCUT2D eigenvalue weighted by atomic mass is 28.3. The van der Waals surface area contributed by atoms with Crippen molar-refractivity contribution in [2.24, 2.45) is 0 Å². The summed E-state index contributed by atoms with van der Waals surface area (Å²) in [6.45, 7) is 72.9. The topological polar surface area (TPSA) is 0 Å². The van der Waals surface area contributed by atoms with Crippen molar-refractivity contribution >= 4 is 103 Å². The van der Waals surface area contributed by atoms with Crippen molar-refractivity contribution in [1.29, 1.82) is 0 Å². The Labute approximate surface area is 367 Å². The molecule has 1 aliphatic carbocycles. The fourth-order valence-electron chi connectivity index (χ4n) is 13.1. The molecule has 0 saturated heterocycles. The van der Waals surface area contributed by atoms with Crippen molar-refractivity contribution in [3.63, 3.8) is 0 Å². The second kappa shape index (κ2) is 15.5. The van der Waals surface area contributed by atoms with Gasteiger partial charge in [-0.3, -0.25) is 0 Å². The van der Waals surface area contributed by atoms with E-state index in [-0.39, 0.29) is 0 Å². The van der Waals surface area contributed by atoms with Crippen LogP contribution in [-0.2, 0) is 0 Å². The van der Waals surface area contributed by atoms with Crippen molar-refractivity contribution in [3.05, 3.63) is 73.9 Å². The Kier molecular flexibility index (Phi) is 13.2. The molecule has 1 aliphatic rings. The lowest BCUT2D eigenvalue weighted by Crippen LogP contribution is -2.83. The lowest BCUT2D eigenvalue weighted by atomic mass is 10.1. The molecule has 3 aromatic carbocycles. The molecule has 0 N–H and O–H groups in total. The number of allylic oxidation sites excluding steroid dienone is 4. The van der Waals surface area contributed by atoms with Gasteiger partial charge in [-0.05, 0) is 95.9 Å². The van der Waals surface area contributed by atoms with Gasteiger partial charge in [0, 0.05) is 5.54 Å². The van der Waals surface area contributed by atoms with E-state index in [1.54, 1.807) is 102 Å². The summed E-state index contributed by atoms with van der Waals surface area (Å²) in [4.78, 5) is 0. The Morgan fingerprint density at radius 1 is 0.293 bits per heavy atom. The van der Waals surface area contributed by atoms with Crippen LogP contribution in [0.2, 0.25) is 123 Å². The molecule has 0 fully saturated rings. The van der Waals surface area contributed by atoms with Gasteiger partial charge in [-0.1, -0.05) is 212 Å². The molecule has 0 amide bonds. The Morgan fingerprint density at radius 3 is 0.655 bits per heavy atom. The zero-order valence-corrected chi connectivity index (χ0v) is 50.3. The average molecular weight is 898 g/mol. The van der Waals surface area contributed by atoms with Crippen LogP contribution < -0.4 is 46.7 Å². The number of rotatable bonds is 10. The van der Waals surface area contributed by atoms with E-state index in [2.05, 4.69) is 205 Å². The van der Waals surface area contributed by atoms with Crippen LogP contribution in [0.5, 0.6) is 0 Å². The maximum Gasteiger partial charge on any atom is 0.158 e. The van der Waals surface area contributed by atoms with Crippen molar-refractivity contribution in [1.82, 2.24) is 0 Å². The van der Waals surface area contributed by atoms with E-state index in [1.807, 2.05) is 0 Å². The number of hydrogen-bond donors (Lipinski definition) is 0. The minimum atomic E-state index is -3.06. The summed E-state index contributed by atoms with van der Waals surface area (Å²) in [5.74, 6) is 0. The quantitative estimate of drug-likeness (QED) is 0.141. The van der Waals surface area contributed by atoms with Crippen LogP contribution in [0.1, 0.15) is 61.1 Å². The first-order valence-corrected chi connectivity index (χ1v) is 45.7. The molecule has 0 saturated carbocycles. The van der Waals surface area contributed by atoms with Crippen molar-refractivity contribution in [3.8, 4) is 0 Å². The van der Waals surface area contributed by atoms with Gasteiger partial charge in [-0.15, -0.1) is 0 Å². The summed E-state index contributed by atoms with van der Waals surface area (Å²) < 4.78 is 0. The van der Waals surface area contributed by atoms with Crippen LogP contribution in [0, 0.1) is 41.5 Å². The van der Waals surface area contributed by atoms with E-state index in [9.17, 15) is 0 Å². The molecule has 4 rings (SSSR count). The average Bonchev–Trinajstić information content (AvgIpc) is 3.15. The van der Waals surface area contributed by atoms with Gasteiger partial charge in [-0.25, -0.2) is 0 Å². The van der Waals surface area contributed by atoms with Crippen molar-refractivity contribution in [2.75, 3.05) is 0 Å².